The van der Waals surface area contributed by atoms with Gasteiger partial charge < -0.3 is 14.8 Å². The molecule has 1 aromatic carbocycles. The number of esters is 2. The molecule has 2 rings (SSSR count). The number of ether oxygens (including phenoxy) is 2. The molecule has 21 heavy (non-hydrogen) atoms. The van der Waals surface area contributed by atoms with Crippen LogP contribution in [0.4, 0.5) is 5.69 Å². The van der Waals surface area contributed by atoms with Crippen LogP contribution in [-0.4, -0.2) is 25.2 Å². The number of fused-ring (bicyclic) bond motifs is 1. The first kappa shape index (κ1) is 14.8. The highest BCUT2D eigenvalue weighted by Gasteiger charge is 2.19. The zero-order valence-corrected chi connectivity index (χ0v) is 12.0. The molecular formula is C16H17NO4. The van der Waals surface area contributed by atoms with E-state index in [1.165, 1.54) is 6.08 Å². The number of rotatable bonds is 4. The summed E-state index contributed by atoms with van der Waals surface area (Å²) in [6.45, 7) is 3.99. The summed E-state index contributed by atoms with van der Waals surface area (Å²) < 4.78 is 10.00. The molecule has 110 valence electrons. The van der Waals surface area contributed by atoms with E-state index in [9.17, 15) is 9.59 Å². The predicted molar refractivity (Wildman–Crippen MR) is 79.4 cm³/mol. The van der Waals surface area contributed by atoms with Crippen LogP contribution in [0.1, 0.15) is 19.4 Å². The molecule has 0 amide bonds. The molecule has 1 heterocycles. The van der Waals surface area contributed by atoms with Crippen LogP contribution in [0.15, 0.2) is 41.6 Å². The van der Waals surface area contributed by atoms with Crippen LogP contribution in [0.5, 0.6) is 0 Å². The van der Waals surface area contributed by atoms with Crippen molar-refractivity contribution in [1.82, 2.24) is 0 Å². The minimum absolute atomic E-state index is 0.209. The van der Waals surface area contributed by atoms with Crippen molar-refractivity contribution < 1.29 is 19.1 Å². The number of hydrogen-bond acceptors (Lipinski definition) is 5. The van der Waals surface area contributed by atoms with Gasteiger partial charge in [0.2, 0.25) is 0 Å². The summed E-state index contributed by atoms with van der Waals surface area (Å²) in [5.74, 6) is -0.984. The van der Waals surface area contributed by atoms with Crippen molar-refractivity contribution in [3.8, 4) is 0 Å². The summed E-state index contributed by atoms with van der Waals surface area (Å²) in [6, 6.07) is 7.38. The normalized spacial score (nSPS) is 13.0. The predicted octanol–water partition coefficient (Wildman–Crippen LogP) is 2.51. The quantitative estimate of drug-likeness (QED) is 0.862. The average Bonchev–Trinajstić information content (AvgIpc) is 2.67. The second kappa shape index (κ2) is 6.74. The van der Waals surface area contributed by atoms with Crippen LogP contribution in [0.2, 0.25) is 0 Å². The van der Waals surface area contributed by atoms with Gasteiger partial charge in [-0.2, -0.15) is 0 Å². The molecule has 0 saturated carbocycles. The Hall–Kier alpha value is -2.56. The number of hydrogen-bond donors (Lipinski definition) is 1. The van der Waals surface area contributed by atoms with E-state index in [4.69, 9.17) is 9.47 Å². The molecule has 0 radical (unpaired) electrons. The van der Waals surface area contributed by atoms with Gasteiger partial charge in [-0.15, -0.1) is 0 Å². The molecule has 5 heteroatoms. The summed E-state index contributed by atoms with van der Waals surface area (Å²) in [6.07, 6.45) is 3.14. The van der Waals surface area contributed by atoms with Gasteiger partial charge in [0, 0.05) is 5.69 Å². The van der Waals surface area contributed by atoms with Gasteiger partial charge in [-0.05, 0) is 37.6 Å². The Balaban J connectivity index is 2.43. The lowest BCUT2D eigenvalue weighted by Crippen LogP contribution is -2.15. The van der Waals surface area contributed by atoms with E-state index in [0.29, 0.717) is 5.57 Å². The third kappa shape index (κ3) is 3.51. The van der Waals surface area contributed by atoms with Crippen molar-refractivity contribution in [2.45, 2.75) is 13.8 Å². The Morgan fingerprint density at radius 2 is 1.67 bits per heavy atom. The fourth-order valence-corrected chi connectivity index (χ4v) is 1.93. The first-order valence-corrected chi connectivity index (χ1v) is 6.79. The van der Waals surface area contributed by atoms with E-state index < -0.39 is 11.9 Å². The zero-order valence-electron chi connectivity index (χ0n) is 12.0. The minimum atomic E-state index is -0.510. The summed E-state index contributed by atoms with van der Waals surface area (Å²) in [7, 11) is 0. The zero-order chi connectivity index (χ0) is 15.2. The van der Waals surface area contributed by atoms with Gasteiger partial charge in [0.1, 0.15) is 5.70 Å². The van der Waals surface area contributed by atoms with E-state index in [0.717, 1.165) is 11.3 Å². The SMILES string of the molecule is CCOC(=O)C1=Cc2ccccc2NC(C(=O)OCC)=C1. The lowest BCUT2D eigenvalue weighted by molar-refractivity contribution is -0.138. The van der Waals surface area contributed by atoms with Gasteiger partial charge in [0.05, 0.1) is 18.8 Å². The average molecular weight is 287 g/mol. The molecule has 0 atom stereocenters. The molecule has 0 bridgehead atoms. The second-order valence-electron chi connectivity index (χ2n) is 4.31. The van der Waals surface area contributed by atoms with Crippen molar-refractivity contribution in [1.29, 1.82) is 0 Å². The van der Waals surface area contributed by atoms with Gasteiger partial charge >= 0.3 is 11.9 Å². The number of benzene rings is 1. The Morgan fingerprint density at radius 3 is 2.38 bits per heavy atom. The highest BCUT2D eigenvalue weighted by Crippen LogP contribution is 2.25. The second-order valence-corrected chi connectivity index (χ2v) is 4.31. The van der Waals surface area contributed by atoms with Gasteiger partial charge in [-0.1, -0.05) is 18.2 Å². The van der Waals surface area contributed by atoms with Gasteiger partial charge in [-0.25, -0.2) is 9.59 Å². The van der Waals surface area contributed by atoms with E-state index >= 15 is 0 Å². The Bertz CT molecular complexity index is 616. The standard InChI is InChI=1S/C16H17NO4/c1-3-20-15(18)12-9-11-7-5-6-8-13(11)17-14(10-12)16(19)21-4-2/h5-10,17H,3-4H2,1-2H3. The maximum absolute atomic E-state index is 12.0. The third-order valence-corrected chi connectivity index (χ3v) is 2.85. The fraction of sp³-hybridized carbons (Fsp3) is 0.250. The van der Waals surface area contributed by atoms with Crippen LogP contribution in [-0.2, 0) is 19.1 Å². The highest BCUT2D eigenvalue weighted by atomic mass is 16.5. The minimum Gasteiger partial charge on any atom is -0.462 e. The van der Waals surface area contributed by atoms with Crippen molar-refractivity contribution in [3.63, 3.8) is 0 Å². The van der Waals surface area contributed by atoms with Crippen molar-refractivity contribution >= 4 is 23.7 Å². The largest absolute Gasteiger partial charge is 0.462 e. The molecule has 1 aromatic rings. The number of para-hydroxylation sites is 1. The van der Waals surface area contributed by atoms with Crippen LogP contribution in [0.3, 0.4) is 0 Å². The Kier molecular flexibility index (Phi) is 4.77. The van der Waals surface area contributed by atoms with Crippen LogP contribution >= 0.6 is 0 Å². The number of carbonyl (C=O) groups excluding carboxylic acids is 2. The lowest BCUT2D eigenvalue weighted by Gasteiger charge is -2.10. The van der Waals surface area contributed by atoms with Crippen molar-refractivity contribution in [3.05, 3.63) is 47.2 Å². The molecule has 1 N–H and O–H groups in total. The Labute approximate surface area is 123 Å². The first-order chi connectivity index (χ1) is 10.2. The molecule has 0 spiro atoms. The molecule has 0 unspecified atom stereocenters. The van der Waals surface area contributed by atoms with Gasteiger partial charge in [0.25, 0.3) is 0 Å². The molecule has 1 aliphatic rings. The maximum Gasteiger partial charge on any atom is 0.354 e. The topological polar surface area (TPSA) is 64.6 Å². The van der Waals surface area contributed by atoms with Crippen LogP contribution in [0.25, 0.3) is 6.08 Å². The maximum atomic E-state index is 12.0. The number of carbonyl (C=O) groups is 2. The molecule has 0 saturated heterocycles. The Morgan fingerprint density at radius 1 is 1.00 bits per heavy atom. The first-order valence-electron chi connectivity index (χ1n) is 6.79. The summed E-state index contributed by atoms with van der Waals surface area (Å²) in [5, 5.41) is 3.00. The van der Waals surface area contributed by atoms with E-state index in [2.05, 4.69) is 5.32 Å². The summed E-state index contributed by atoms with van der Waals surface area (Å²) in [5.41, 5.74) is 2.05. The summed E-state index contributed by atoms with van der Waals surface area (Å²) >= 11 is 0. The smallest absolute Gasteiger partial charge is 0.354 e. The molecular weight excluding hydrogens is 270 g/mol. The lowest BCUT2D eigenvalue weighted by atomic mass is 10.1. The summed E-state index contributed by atoms with van der Waals surface area (Å²) in [4.78, 5) is 23.9. The molecule has 0 aromatic heterocycles. The number of anilines is 1. The monoisotopic (exact) mass is 287 g/mol. The van der Waals surface area contributed by atoms with Crippen molar-refractivity contribution in [2.24, 2.45) is 0 Å². The van der Waals surface area contributed by atoms with E-state index in [1.807, 2.05) is 24.3 Å². The van der Waals surface area contributed by atoms with Crippen molar-refractivity contribution in [2.75, 3.05) is 18.5 Å². The van der Waals surface area contributed by atoms with Gasteiger partial charge in [0.15, 0.2) is 0 Å². The molecule has 0 fully saturated rings. The van der Waals surface area contributed by atoms with Gasteiger partial charge in [-0.3, -0.25) is 0 Å². The molecule has 1 aliphatic heterocycles. The third-order valence-electron chi connectivity index (χ3n) is 2.85. The molecule has 5 nitrogen and oxygen atoms in total. The highest BCUT2D eigenvalue weighted by molar-refractivity contribution is 6.03. The molecule has 0 aliphatic carbocycles. The van der Waals surface area contributed by atoms with E-state index in [1.54, 1.807) is 19.9 Å². The van der Waals surface area contributed by atoms with Crippen LogP contribution < -0.4 is 5.32 Å². The van der Waals surface area contributed by atoms with E-state index in [-0.39, 0.29) is 18.9 Å². The van der Waals surface area contributed by atoms with Crippen LogP contribution in [0, 0.1) is 0 Å². The fourth-order valence-electron chi connectivity index (χ4n) is 1.93. The number of nitrogens with one attached hydrogen (secondary N) is 1.